The van der Waals surface area contributed by atoms with Crippen molar-refractivity contribution in [3.63, 3.8) is 0 Å². The maximum Gasteiger partial charge on any atom is 0.490 e. The molecule has 1 aromatic heterocycles. The molecular formula is C20H18F6N2O7. The molecule has 2 aromatic rings. The number of hydrogen-bond acceptors (Lipinski definition) is 7. The fraction of sp³-hybridized carbons (Fsp3) is 0.300. The number of esters is 1. The average Bonchev–Trinajstić information content (AvgIpc) is 3.03. The van der Waals surface area contributed by atoms with Gasteiger partial charge in [0.25, 0.3) is 0 Å². The number of ether oxygens (including phenoxy) is 2. The molecule has 2 heterocycles. The van der Waals surface area contributed by atoms with Gasteiger partial charge in [0.2, 0.25) is 5.88 Å². The SMILES string of the molecule is COC(=O)c1ccc(-c2ccc3c(n2)OCCNC3)cc1.O=C(O)C(F)(F)F.O=C(O)C(F)(F)F. The molecule has 0 aliphatic carbocycles. The lowest BCUT2D eigenvalue weighted by Gasteiger charge is -2.08. The number of methoxy groups -OCH3 is 1. The van der Waals surface area contributed by atoms with Crippen molar-refractivity contribution in [1.82, 2.24) is 10.3 Å². The van der Waals surface area contributed by atoms with Gasteiger partial charge in [-0.25, -0.2) is 19.4 Å². The van der Waals surface area contributed by atoms with Crippen LogP contribution in [0.3, 0.4) is 0 Å². The quantitative estimate of drug-likeness (QED) is 0.409. The number of carboxylic acid groups (broad SMARTS) is 2. The molecule has 35 heavy (non-hydrogen) atoms. The summed E-state index contributed by atoms with van der Waals surface area (Å²) in [5.41, 5.74) is 3.34. The summed E-state index contributed by atoms with van der Waals surface area (Å²) in [5.74, 6) is -5.18. The van der Waals surface area contributed by atoms with Gasteiger partial charge < -0.3 is 25.0 Å². The van der Waals surface area contributed by atoms with Crippen LogP contribution in [0.25, 0.3) is 11.3 Å². The number of nitrogens with zero attached hydrogens (tertiary/aromatic N) is 1. The number of carbonyl (C=O) groups is 3. The van der Waals surface area contributed by atoms with Crippen LogP contribution in [0.15, 0.2) is 36.4 Å². The molecule has 0 radical (unpaired) electrons. The monoisotopic (exact) mass is 512 g/mol. The van der Waals surface area contributed by atoms with Gasteiger partial charge >= 0.3 is 30.3 Å². The summed E-state index contributed by atoms with van der Waals surface area (Å²) < 4.78 is 73.8. The van der Waals surface area contributed by atoms with Crippen molar-refractivity contribution in [3.8, 4) is 17.1 Å². The van der Waals surface area contributed by atoms with Crippen molar-refractivity contribution in [2.75, 3.05) is 20.3 Å². The highest BCUT2D eigenvalue weighted by atomic mass is 19.4. The Hall–Kier alpha value is -3.88. The van der Waals surface area contributed by atoms with Crippen LogP contribution in [0.1, 0.15) is 15.9 Å². The highest BCUT2D eigenvalue weighted by Crippen LogP contribution is 2.24. The number of benzene rings is 1. The van der Waals surface area contributed by atoms with Crippen LogP contribution in [0, 0.1) is 0 Å². The number of carbonyl (C=O) groups excluding carboxylic acids is 1. The van der Waals surface area contributed by atoms with E-state index in [1.165, 1.54) is 7.11 Å². The van der Waals surface area contributed by atoms with E-state index in [2.05, 4.69) is 15.0 Å². The number of nitrogens with one attached hydrogen (secondary N) is 1. The van der Waals surface area contributed by atoms with Crippen molar-refractivity contribution in [2.24, 2.45) is 0 Å². The third-order valence-electron chi connectivity index (χ3n) is 3.86. The van der Waals surface area contributed by atoms with E-state index in [1.54, 1.807) is 12.1 Å². The molecule has 0 bridgehead atoms. The van der Waals surface area contributed by atoms with Gasteiger partial charge in [0.15, 0.2) is 0 Å². The molecule has 0 saturated carbocycles. The van der Waals surface area contributed by atoms with E-state index in [0.29, 0.717) is 18.1 Å². The van der Waals surface area contributed by atoms with E-state index in [0.717, 1.165) is 29.9 Å². The van der Waals surface area contributed by atoms with Gasteiger partial charge in [-0.05, 0) is 18.2 Å². The standard InChI is InChI=1S/C16H16N2O3.2C2HF3O2/c1-20-16(19)12-4-2-11(3-5-12)14-7-6-13-10-17-8-9-21-15(13)18-14;2*3-2(4,5)1(6)7/h2-7,17H,8-10H2,1H3;2*(H,6,7). The van der Waals surface area contributed by atoms with Crippen molar-refractivity contribution in [3.05, 3.63) is 47.5 Å². The number of hydrogen-bond donors (Lipinski definition) is 3. The highest BCUT2D eigenvalue weighted by molar-refractivity contribution is 5.89. The number of aliphatic carboxylic acids is 2. The van der Waals surface area contributed by atoms with E-state index in [4.69, 9.17) is 24.5 Å². The van der Waals surface area contributed by atoms with Gasteiger partial charge in [0.05, 0.1) is 18.4 Å². The normalized spacial score (nSPS) is 12.8. The summed E-state index contributed by atoms with van der Waals surface area (Å²) in [4.78, 5) is 33.8. The molecule has 9 nitrogen and oxygen atoms in total. The summed E-state index contributed by atoms with van der Waals surface area (Å²) in [6.45, 7) is 2.20. The van der Waals surface area contributed by atoms with Crippen LogP contribution in [0.5, 0.6) is 5.88 Å². The van der Waals surface area contributed by atoms with Crippen molar-refractivity contribution < 1.29 is 60.4 Å². The second-order valence-corrected chi connectivity index (χ2v) is 6.36. The van der Waals surface area contributed by atoms with Crippen LogP contribution >= 0.6 is 0 Å². The van der Waals surface area contributed by atoms with Gasteiger partial charge in [-0.1, -0.05) is 18.2 Å². The molecule has 3 rings (SSSR count). The number of pyridine rings is 1. The van der Waals surface area contributed by atoms with E-state index in [1.807, 2.05) is 24.3 Å². The van der Waals surface area contributed by atoms with Gasteiger partial charge in [0.1, 0.15) is 6.61 Å². The van der Waals surface area contributed by atoms with Gasteiger partial charge in [0, 0.05) is 24.2 Å². The molecule has 192 valence electrons. The van der Waals surface area contributed by atoms with Crippen LogP contribution in [0.2, 0.25) is 0 Å². The predicted molar refractivity (Wildman–Crippen MR) is 106 cm³/mol. The van der Waals surface area contributed by atoms with Gasteiger partial charge in [-0.15, -0.1) is 0 Å². The lowest BCUT2D eigenvalue weighted by molar-refractivity contribution is -0.193. The second-order valence-electron chi connectivity index (χ2n) is 6.36. The molecule has 0 unspecified atom stereocenters. The summed E-state index contributed by atoms with van der Waals surface area (Å²) in [6, 6.07) is 11.2. The van der Waals surface area contributed by atoms with Crippen LogP contribution < -0.4 is 10.1 Å². The molecule has 0 spiro atoms. The van der Waals surface area contributed by atoms with Gasteiger partial charge in [-0.3, -0.25) is 0 Å². The average molecular weight is 512 g/mol. The molecule has 1 aliphatic rings. The Balaban J connectivity index is 0.000000362. The largest absolute Gasteiger partial charge is 0.490 e. The minimum absolute atomic E-state index is 0.342. The summed E-state index contributed by atoms with van der Waals surface area (Å²) in [7, 11) is 1.37. The van der Waals surface area contributed by atoms with Crippen molar-refractivity contribution in [2.45, 2.75) is 18.9 Å². The van der Waals surface area contributed by atoms with E-state index < -0.39 is 24.3 Å². The fourth-order valence-corrected chi connectivity index (χ4v) is 2.23. The summed E-state index contributed by atoms with van der Waals surface area (Å²) >= 11 is 0. The number of rotatable bonds is 2. The van der Waals surface area contributed by atoms with E-state index >= 15 is 0 Å². The first-order valence-corrected chi connectivity index (χ1v) is 9.29. The Morgan fingerprint density at radius 2 is 1.46 bits per heavy atom. The molecule has 15 heteroatoms. The lowest BCUT2D eigenvalue weighted by atomic mass is 10.1. The Kier molecular flexibility index (Phi) is 10.4. The first-order chi connectivity index (χ1) is 16.2. The maximum absolute atomic E-state index is 11.4. The minimum Gasteiger partial charge on any atom is -0.476 e. The van der Waals surface area contributed by atoms with E-state index in [-0.39, 0.29) is 5.97 Å². The number of alkyl halides is 6. The fourth-order valence-electron chi connectivity index (χ4n) is 2.23. The predicted octanol–water partition coefficient (Wildman–Crippen LogP) is 3.28. The van der Waals surface area contributed by atoms with Crippen molar-refractivity contribution in [1.29, 1.82) is 0 Å². The maximum atomic E-state index is 11.4. The number of halogens is 6. The topological polar surface area (TPSA) is 135 Å². The van der Waals surface area contributed by atoms with Crippen LogP contribution in [-0.2, 0) is 20.9 Å². The second kappa shape index (κ2) is 12.5. The molecule has 1 aliphatic heterocycles. The zero-order chi connectivity index (χ0) is 26.8. The zero-order valence-corrected chi connectivity index (χ0v) is 17.7. The zero-order valence-electron chi connectivity index (χ0n) is 17.7. The number of fused-ring (bicyclic) bond motifs is 1. The number of aromatic nitrogens is 1. The minimum atomic E-state index is -5.08. The first kappa shape index (κ1) is 29.2. The summed E-state index contributed by atoms with van der Waals surface area (Å²) in [6.07, 6.45) is -10.2. The highest BCUT2D eigenvalue weighted by Gasteiger charge is 2.38. The Morgan fingerprint density at radius 3 is 1.91 bits per heavy atom. The first-order valence-electron chi connectivity index (χ1n) is 9.29. The molecule has 0 saturated heterocycles. The third-order valence-corrected chi connectivity index (χ3v) is 3.86. The summed E-state index contributed by atoms with van der Waals surface area (Å²) in [5, 5.41) is 17.5. The molecule has 3 N–H and O–H groups in total. The lowest BCUT2D eigenvalue weighted by Crippen LogP contribution is -2.21. The smallest absolute Gasteiger partial charge is 0.476 e. The molecule has 0 atom stereocenters. The molecular weight excluding hydrogens is 494 g/mol. The molecule has 0 amide bonds. The van der Waals surface area contributed by atoms with Crippen molar-refractivity contribution >= 4 is 17.9 Å². The van der Waals surface area contributed by atoms with Crippen LogP contribution in [-0.4, -0.2) is 65.7 Å². The van der Waals surface area contributed by atoms with E-state index in [9.17, 15) is 31.1 Å². The molecule has 1 aromatic carbocycles. The Labute approximate surface area is 193 Å². The Morgan fingerprint density at radius 1 is 0.943 bits per heavy atom. The third kappa shape index (κ3) is 9.87. The Bertz CT molecular complexity index is 1000. The van der Waals surface area contributed by atoms with Gasteiger partial charge in [-0.2, -0.15) is 26.3 Å². The molecule has 0 fully saturated rings. The number of carboxylic acids is 2. The van der Waals surface area contributed by atoms with Crippen LogP contribution in [0.4, 0.5) is 26.3 Å².